The molecule has 0 radical (unpaired) electrons. The van der Waals surface area contributed by atoms with E-state index in [1.54, 1.807) is 10.9 Å². The van der Waals surface area contributed by atoms with Gasteiger partial charge >= 0.3 is 5.97 Å². The highest BCUT2D eigenvalue weighted by atomic mass is 16.4. The van der Waals surface area contributed by atoms with E-state index in [1.807, 2.05) is 30.3 Å². The number of aromatic carboxylic acids is 1. The van der Waals surface area contributed by atoms with Crippen LogP contribution in [0.3, 0.4) is 0 Å². The van der Waals surface area contributed by atoms with Gasteiger partial charge in [-0.3, -0.25) is 4.98 Å². The largest absolute Gasteiger partial charge is 0.478 e. The minimum atomic E-state index is -0.986. The van der Waals surface area contributed by atoms with Gasteiger partial charge in [0.1, 0.15) is 0 Å². The number of pyridine rings is 1. The lowest BCUT2D eigenvalue weighted by Gasteiger charge is -2.05. The Morgan fingerprint density at radius 2 is 2.11 bits per heavy atom. The van der Waals surface area contributed by atoms with E-state index < -0.39 is 5.97 Å². The van der Waals surface area contributed by atoms with Crippen molar-refractivity contribution in [2.75, 3.05) is 0 Å². The van der Waals surface area contributed by atoms with Gasteiger partial charge in [0.2, 0.25) is 0 Å². The Morgan fingerprint density at radius 3 is 2.89 bits per heavy atom. The fraction of sp³-hybridized carbons (Fsp3) is 0. The summed E-state index contributed by atoms with van der Waals surface area (Å²) in [5, 5.41) is 13.9. The van der Waals surface area contributed by atoms with Crippen molar-refractivity contribution in [2.24, 2.45) is 0 Å². The number of rotatable bonds is 2. The van der Waals surface area contributed by atoms with Crippen LogP contribution < -0.4 is 0 Å². The van der Waals surface area contributed by atoms with E-state index in [4.69, 9.17) is 5.11 Å². The lowest BCUT2D eigenvalue weighted by atomic mass is 10.2. The molecule has 3 aromatic rings. The quantitative estimate of drug-likeness (QED) is 0.743. The molecule has 0 aliphatic rings. The smallest absolute Gasteiger partial charge is 0.338 e. The Morgan fingerprint density at radius 1 is 1.22 bits per heavy atom. The molecule has 1 N–H and O–H groups in total. The van der Waals surface area contributed by atoms with E-state index in [9.17, 15) is 4.79 Å². The summed E-state index contributed by atoms with van der Waals surface area (Å²) in [5.41, 5.74) is 1.83. The predicted molar refractivity (Wildman–Crippen MR) is 65.8 cm³/mol. The lowest BCUT2D eigenvalue weighted by molar-refractivity contribution is 0.0697. The fourth-order valence-electron chi connectivity index (χ4n) is 1.85. The van der Waals surface area contributed by atoms with Gasteiger partial charge in [-0.1, -0.05) is 6.07 Å². The number of fused-ring (bicyclic) bond motifs is 1. The first kappa shape index (κ1) is 10.5. The Bertz CT molecular complexity index is 728. The standard InChI is InChI=1S/C13H9N3O2/c17-13(18)9-7-15-16(8-9)12-5-1-4-11-10(12)3-2-6-14-11/h1-8H,(H,17,18). The van der Waals surface area contributed by atoms with Crippen LogP contribution in [-0.2, 0) is 0 Å². The van der Waals surface area contributed by atoms with Gasteiger partial charge in [-0.2, -0.15) is 5.10 Å². The first-order valence-corrected chi connectivity index (χ1v) is 5.38. The molecule has 2 heterocycles. The second-order valence-electron chi connectivity index (χ2n) is 3.83. The molecule has 0 unspecified atom stereocenters. The molecule has 0 saturated carbocycles. The third-order valence-corrected chi connectivity index (χ3v) is 2.70. The molecule has 0 atom stereocenters. The third kappa shape index (κ3) is 1.62. The first-order chi connectivity index (χ1) is 8.75. The molecule has 1 aromatic carbocycles. The number of hydrogen-bond donors (Lipinski definition) is 1. The second kappa shape index (κ2) is 3.96. The molecule has 0 saturated heterocycles. The molecular formula is C13H9N3O2. The molecule has 18 heavy (non-hydrogen) atoms. The molecule has 0 fully saturated rings. The summed E-state index contributed by atoms with van der Waals surface area (Å²) in [7, 11) is 0. The number of benzene rings is 1. The van der Waals surface area contributed by atoms with Crippen LogP contribution in [0.2, 0.25) is 0 Å². The Balaban J connectivity index is 2.21. The summed E-state index contributed by atoms with van der Waals surface area (Å²) in [6.07, 6.45) is 4.54. The van der Waals surface area contributed by atoms with Crippen molar-refractivity contribution >= 4 is 16.9 Å². The van der Waals surface area contributed by atoms with Crippen molar-refractivity contribution in [1.82, 2.24) is 14.8 Å². The zero-order valence-corrected chi connectivity index (χ0v) is 9.32. The molecular weight excluding hydrogens is 230 g/mol. The Hall–Kier alpha value is -2.69. The fourth-order valence-corrected chi connectivity index (χ4v) is 1.85. The maximum absolute atomic E-state index is 10.8. The van der Waals surface area contributed by atoms with Gasteiger partial charge in [0.15, 0.2) is 0 Å². The molecule has 88 valence electrons. The van der Waals surface area contributed by atoms with E-state index in [-0.39, 0.29) is 5.56 Å². The highest BCUT2D eigenvalue weighted by Crippen LogP contribution is 2.20. The minimum Gasteiger partial charge on any atom is -0.478 e. The molecule has 0 amide bonds. The van der Waals surface area contributed by atoms with E-state index in [2.05, 4.69) is 10.1 Å². The van der Waals surface area contributed by atoms with Crippen molar-refractivity contribution in [2.45, 2.75) is 0 Å². The van der Waals surface area contributed by atoms with Crippen LogP contribution in [0.1, 0.15) is 10.4 Å². The molecule has 0 bridgehead atoms. The van der Waals surface area contributed by atoms with Crippen LogP contribution >= 0.6 is 0 Å². The predicted octanol–water partition coefficient (Wildman–Crippen LogP) is 2.12. The van der Waals surface area contributed by atoms with E-state index in [0.29, 0.717) is 0 Å². The molecule has 2 aromatic heterocycles. The van der Waals surface area contributed by atoms with Crippen LogP contribution in [0.4, 0.5) is 0 Å². The number of hydrogen-bond acceptors (Lipinski definition) is 3. The number of carbonyl (C=O) groups is 1. The van der Waals surface area contributed by atoms with Crippen molar-refractivity contribution in [1.29, 1.82) is 0 Å². The molecule has 0 spiro atoms. The first-order valence-electron chi connectivity index (χ1n) is 5.38. The Kier molecular flexibility index (Phi) is 2.30. The maximum Gasteiger partial charge on any atom is 0.338 e. The SMILES string of the molecule is O=C(O)c1cnn(-c2cccc3ncccc23)c1. The van der Waals surface area contributed by atoms with Gasteiger partial charge in [-0.25, -0.2) is 9.48 Å². The van der Waals surface area contributed by atoms with Crippen LogP contribution in [0.15, 0.2) is 48.9 Å². The van der Waals surface area contributed by atoms with E-state index >= 15 is 0 Å². The average Bonchev–Trinajstić information content (AvgIpc) is 2.87. The summed E-state index contributed by atoms with van der Waals surface area (Å²) < 4.78 is 1.55. The number of carboxylic acids is 1. The van der Waals surface area contributed by atoms with Gasteiger partial charge in [0, 0.05) is 17.8 Å². The van der Waals surface area contributed by atoms with Crippen molar-refractivity contribution in [3.05, 3.63) is 54.5 Å². The Labute approximate surface area is 102 Å². The number of carboxylic acid groups (broad SMARTS) is 1. The summed E-state index contributed by atoms with van der Waals surface area (Å²) in [6, 6.07) is 9.42. The average molecular weight is 239 g/mol. The number of aromatic nitrogens is 3. The van der Waals surface area contributed by atoms with Gasteiger partial charge < -0.3 is 5.11 Å². The van der Waals surface area contributed by atoms with Gasteiger partial charge in [0.25, 0.3) is 0 Å². The van der Waals surface area contributed by atoms with Gasteiger partial charge in [0.05, 0.1) is 23.0 Å². The monoisotopic (exact) mass is 239 g/mol. The summed E-state index contributed by atoms with van der Waals surface area (Å²) in [6.45, 7) is 0. The van der Waals surface area contributed by atoms with Crippen molar-refractivity contribution < 1.29 is 9.90 Å². The molecule has 0 aliphatic heterocycles. The van der Waals surface area contributed by atoms with Crippen LogP contribution in [0.25, 0.3) is 16.6 Å². The van der Waals surface area contributed by atoms with Crippen LogP contribution in [-0.4, -0.2) is 25.8 Å². The summed E-state index contributed by atoms with van der Waals surface area (Å²) >= 11 is 0. The normalized spacial score (nSPS) is 10.7. The number of nitrogens with zero attached hydrogens (tertiary/aromatic N) is 3. The molecule has 5 nitrogen and oxygen atoms in total. The van der Waals surface area contributed by atoms with Gasteiger partial charge in [-0.05, 0) is 24.3 Å². The van der Waals surface area contributed by atoms with Gasteiger partial charge in [-0.15, -0.1) is 0 Å². The van der Waals surface area contributed by atoms with Crippen molar-refractivity contribution in [3.8, 4) is 5.69 Å². The summed E-state index contributed by atoms with van der Waals surface area (Å²) in [5.74, 6) is -0.986. The second-order valence-corrected chi connectivity index (χ2v) is 3.83. The molecule has 0 aliphatic carbocycles. The van der Waals surface area contributed by atoms with E-state index in [0.717, 1.165) is 16.6 Å². The third-order valence-electron chi connectivity index (χ3n) is 2.70. The molecule has 3 rings (SSSR count). The highest BCUT2D eigenvalue weighted by Gasteiger charge is 2.09. The summed E-state index contributed by atoms with van der Waals surface area (Å²) in [4.78, 5) is 15.1. The van der Waals surface area contributed by atoms with Crippen LogP contribution in [0, 0.1) is 0 Å². The molecule has 5 heteroatoms. The van der Waals surface area contributed by atoms with Crippen LogP contribution in [0.5, 0.6) is 0 Å². The topological polar surface area (TPSA) is 68.0 Å². The zero-order chi connectivity index (χ0) is 12.5. The minimum absolute atomic E-state index is 0.163. The van der Waals surface area contributed by atoms with Crippen molar-refractivity contribution in [3.63, 3.8) is 0 Å². The zero-order valence-electron chi connectivity index (χ0n) is 9.32. The lowest BCUT2D eigenvalue weighted by Crippen LogP contribution is -1.97. The van der Waals surface area contributed by atoms with E-state index in [1.165, 1.54) is 12.4 Å². The maximum atomic E-state index is 10.8. The highest BCUT2D eigenvalue weighted by molar-refractivity contribution is 5.89.